The molecular formula is C29H33N5O4S. The van der Waals surface area contributed by atoms with Gasteiger partial charge in [-0.1, -0.05) is 12.1 Å². The second kappa shape index (κ2) is 12.9. The van der Waals surface area contributed by atoms with E-state index in [1.807, 2.05) is 43.3 Å². The number of hydrogen-bond acceptors (Lipinski definition) is 10. The lowest BCUT2D eigenvalue weighted by atomic mass is 10.1. The van der Waals surface area contributed by atoms with Crippen molar-refractivity contribution in [1.82, 2.24) is 14.9 Å². The number of ether oxygens (including phenoxy) is 4. The summed E-state index contributed by atoms with van der Waals surface area (Å²) in [4.78, 5) is 12.4. The Kier molecular flexibility index (Phi) is 8.87. The number of nitrogens with one attached hydrogen (secondary N) is 1. The number of aryl methyl sites for hydroxylation is 1. The molecule has 4 aromatic rings. The monoisotopic (exact) mass is 547 g/mol. The van der Waals surface area contributed by atoms with Crippen molar-refractivity contribution >= 4 is 33.6 Å². The predicted octanol–water partition coefficient (Wildman–Crippen LogP) is 5.23. The molecule has 10 heteroatoms. The number of benzene rings is 2. The fourth-order valence-electron chi connectivity index (χ4n) is 4.46. The maximum absolute atomic E-state index is 6.06. The second-order valence-corrected chi connectivity index (χ2v) is 9.99. The Bertz CT molecular complexity index is 1430. The Hall–Kier alpha value is -3.73. The topological polar surface area (TPSA) is 90.3 Å². The molecule has 0 radical (unpaired) electrons. The van der Waals surface area contributed by atoms with E-state index in [9.17, 15) is 0 Å². The maximum Gasteiger partial charge on any atom is 0.167 e. The summed E-state index contributed by atoms with van der Waals surface area (Å²) >= 11 is 1.63. The normalized spacial score (nSPS) is 14.1. The van der Waals surface area contributed by atoms with Crippen LogP contribution in [-0.4, -0.2) is 74.3 Å². The molecule has 1 aliphatic rings. The van der Waals surface area contributed by atoms with Gasteiger partial charge < -0.3 is 18.9 Å². The van der Waals surface area contributed by atoms with Crippen molar-refractivity contribution in [3.05, 3.63) is 59.9 Å². The lowest BCUT2D eigenvalue weighted by molar-refractivity contribution is 0.0321. The van der Waals surface area contributed by atoms with Crippen LogP contribution in [0.3, 0.4) is 0 Å². The highest BCUT2D eigenvalue weighted by molar-refractivity contribution is 7.23. The molecule has 0 atom stereocenters. The van der Waals surface area contributed by atoms with Gasteiger partial charge in [-0.2, -0.15) is 5.10 Å². The van der Waals surface area contributed by atoms with Crippen molar-refractivity contribution in [1.29, 1.82) is 0 Å². The smallest absolute Gasteiger partial charge is 0.167 e. The first-order valence-corrected chi connectivity index (χ1v) is 13.9. The summed E-state index contributed by atoms with van der Waals surface area (Å²) in [5.74, 6) is 2.89. The Morgan fingerprint density at radius 1 is 1.08 bits per heavy atom. The number of anilines is 1. The molecule has 2 aromatic carbocycles. The molecule has 1 aliphatic heterocycles. The van der Waals surface area contributed by atoms with Crippen molar-refractivity contribution in [2.75, 3.05) is 58.6 Å². The molecule has 1 fully saturated rings. The summed E-state index contributed by atoms with van der Waals surface area (Å²) in [5, 5.41) is 4.47. The highest BCUT2D eigenvalue weighted by atomic mass is 32.1. The van der Waals surface area contributed by atoms with Crippen molar-refractivity contribution < 1.29 is 18.9 Å². The molecule has 0 amide bonds. The van der Waals surface area contributed by atoms with Crippen LogP contribution in [0.1, 0.15) is 18.1 Å². The third-order valence-corrected chi connectivity index (χ3v) is 7.80. The van der Waals surface area contributed by atoms with E-state index in [1.165, 1.54) is 0 Å². The first-order valence-electron chi connectivity index (χ1n) is 13.0. The van der Waals surface area contributed by atoms with Gasteiger partial charge in [0, 0.05) is 30.1 Å². The van der Waals surface area contributed by atoms with E-state index in [4.69, 9.17) is 18.9 Å². The van der Waals surface area contributed by atoms with Crippen LogP contribution in [-0.2, 0) is 4.74 Å². The van der Waals surface area contributed by atoms with Crippen LogP contribution in [0.5, 0.6) is 17.2 Å². The molecule has 1 N–H and O–H groups in total. The van der Waals surface area contributed by atoms with E-state index in [0.29, 0.717) is 30.5 Å². The summed E-state index contributed by atoms with van der Waals surface area (Å²) in [5.41, 5.74) is 7.02. The molecule has 1 saturated heterocycles. The van der Waals surface area contributed by atoms with Crippen LogP contribution in [0.25, 0.3) is 20.7 Å². The van der Waals surface area contributed by atoms with Gasteiger partial charge >= 0.3 is 0 Å². The van der Waals surface area contributed by atoms with Crippen LogP contribution in [0.4, 0.5) is 5.82 Å². The average Bonchev–Trinajstić information content (AvgIpc) is 3.31. The van der Waals surface area contributed by atoms with Crippen LogP contribution >= 0.6 is 11.3 Å². The highest BCUT2D eigenvalue weighted by Crippen LogP contribution is 2.43. The molecule has 0 bridgehead atoms. The molecule has 3 heterocycles. The fourth-order valence-corrected chi connectivity index (χ4v) is 5.69. The van der Waals surface area contributed by atoms with Gasteiger partial charge in [0.2, 0.25) is 0 Å². The number of hydrazone groups is 1. The third-order valence-electron chi connectivity index (χ3n) is 6.48. The number of para-hydroxylation sites is 1. The summed E-state index contributed by atoms with van der Waals surface area (Å²) in [7, 11) is 1.64. The minimum Gasteiger partial charge on any atom is -0.493 e. The van der Waals surface area contributed by atoms with E-state index in [2.05, 4.69) is 38.4 Å². The van der Waals surface area contributed by atoms with Crippen LogP contribution in [0.2, 0.25) is 0 Å². The van der Waals surface area contributed by atoms with Gasteiger partial charge in [0.05, 0.1) is 43.4 Å². The SMILES string of the molecule is CCOc1ccccc1-c1sc2c(NN=Cc3ccc(OC)c(OCCN4CCOCC4)c3)ncnc2c1C. The number of thiophene rings is 1. The third kappa shape index (κ3) is 6.30. The predicted molar refractivity (Wildman–Crippen MR) is 156 cm³/mol. The Morgan fingerprint density at radius 2 is 1.92 bits per heavy atom. The Balaban J connectivity index is 1.31. The van der Waals surface area contributed by atoms with Gasteiger partial charge in [0.15, 0.2) is 17.3 Å². The number of rotatable bonds is 11. The summed E-state index contributed by atoms with van der Waals surface area (Å²) in [6, 6.07) is 13.8. The maximum atomic E-state index is 6.06. The number of fused-ring (bicyclic) bond motifs is 1. The second-order valence-electron chi connectivity index (χ2n) is 8.97. The van der Waals surface area contributed by atoms with Gasteiger partial charge in [0.25, 0.3) is 0 Å². The first-order chi connectivity index (χ1) is 19.2. The highest BCUT2D eigenvalue weighted by Gasteiger charge is 2.18. The molecule has 0 spiro atoms. The average molecular weight is 548 g/mol. The summed E-state index contributed by atoms with van der Waals surface area (Å²) in [6.07, 6.45) is 3.31. The molecule has 5 rings (SSSR count). The lowest BCUT2D eigenvalue weighted by Gasteiger charge is -2.26. The number of hydrogen-bond donors (Lipinski definition) is 1. The van der Waals surface area contributed by atoms with E-state index >= 15 is 0 Å². The number of nitrogens with zero attached hydrogens (tertiary/aromatic N) is 4. The minimum atomic E-state index is 0.570. The van der Waals surface area contributed by atoms with Crippen molar-refractivity contribution in [3.8, 4) is 27.7 Å². The molecule has 0 aliphatic carbocycles. The molecular weight excluding hydrogens is 514 g/mol. The number of methoxy groups -OCH3 is 1. The summed E-state index contributed by atoms with van der Waals surface area (Å²) < 4.78 is 23.8. The number of aromatic nitrogens is 2. The van der Waals surface area contributed by atoms with E-state index in [0.717, 1.165) is 70.4 Å². The van der Waals surface area contributed by atoms with E-state index < -0.39 is 0 Å². The molecule has 39 heavy (non-hydrogen) atoms. The zero-order chi connectivity index (χ0) is 27.0. The largest absolute Gasteiger partial charge is 0.493 e. The number of morpholine rings is 1. The Labute approximate surface area is 232 Å². The van der Waals surface area contributed by atoms with Crippen molar-refractivity contribution in [3.63, 3.8) is 0 Å². The van der Waals surface area contributed by atoms with Gasteiger partial charge in [0.1, 0.15) is 18.7 Å². The van der Waals surface area contributed by atoms with Gasteiger partial charge in [-0.05, 0) is 55.3 Å². The lowest BCUT2D eigenvalue weighted by Crippen LogP contribution is -2.38. The van der Waals surface area contributed by atoms with Crippen LogP contribution < -0.4 is 19.6 Å². The molecule has 9 nitrogen and oxygen atoms in total. The zero-order valence-corrected chi connectivity index (χ0v) is 23.3. The van der Waals surface area contributed by atoms with Crippen LogP contribution in [0, 0.1) is 6.92 Å². The molecule has 204 valence electrons. The van der Waals surface area contributed by atoms with Crippen LogP contribution in [0.15, 0.2) is 53.9 Å². The van der Waals surface area contributed by atoms with E-state index in [1.54, 1.807) is 31.0 Å². The molecule has 0 unspecified atom stereocenters. The van der Waals surface area contributed by atoms with Gasteiger partial charge in [-0.15, -0.1) is 11.3 Å². The van der Waals surface area contributed by atoms with Gasteiger partial charge in [-0.3, -0.25) is 10.3 Å². The zero-order valence-electron chi connectivity index (χ0n) is 22.5. The minimum absolute atomic E-state index is 0.570. The first kappa shape index (κ1) is 26.9. The van der Waals surface area contributed by atoms with Crippen molar-refractivity contribution in [2.24, 2.45) is 5.10 Å². The molecule has 0 saturated carbocycles. The molecule has 2 aromatic heterocycles. The fraction of sp³-hybridized carbons (Fsp3) is 0.345. The Morgan fingerprint density at radius 3 is 2.74 bits per heavy atom. The quantitative estimate of drug-likeness (QED) is 0.202. The van der Waals surface area contributed by atoms with Crippen molar-refractivity contribution in [2.45, 2.75) is 13.8 Å². The summed E-state index contributed by atoms with van der Waals surface area (Å²) in [6.45, 7) is 9.49. The van der Waals surface area contributed by atoms with E-state index in [-0.39, 0.29) is 0 Å². The standard InChI is InChI=1S/C29H33N5O4S/c1-4-37-23-8-6-5-7-22(23)27-20(2)26-28(39-27)29(31-19-30-26)33-32-18-21-9-10-24(35-3)25(17-21)38-16-13-34-11-14-36-15-12-34/h5-10,17-19H,4,11-16H2,1-3H3,(H,30,31,33). The van der Waals surface area contributed by atoms with Gasteiger partial charge in [-0.25, -0.2) is 9.97 Å².